The van der Waals surface area contributed by atoms with Gasteiger partial charge >= 0.3 is 5.97 Å². The van der Waals surface area contributed by atoms with Crippen molar-refractivity contribution in [2.45, 2.75) is 12.8 Å². The van der Waals surface area contributed by atoms with Gasteiger partial charge in [-0.1, -0.05) is 0 Å². The molecule has 2 rings (SSSR count). The highest BCUT2D eigenvalue weighted by molar-refractivity contribution is 7.16. The Bertz CT molecular complexity index is 444. The number of carboxylic acids is 1. The fourth-order valence-electron chi connectivity index (χ4n) is 1.75. The van der Waals surface area contributed by atoms with E-state index in [-0.39, 0.29) is 5.92 Å². The smallest absolute Gasteiger partial charge is 0.307 e. The Hall–Kier alpha value is -1.54. The monoisotopic (exact) mass is 208 g/mol. The minimum atomic E-state index is -0.795. The van der Waals surface area contributed by atoms with Gasteiger partial charge in [-0.2, -0.15) is 5.26 Å². The Morgan fingerprint density at radius 2 is 2.36 bits per heavy atom. The molecule has 0 bridgehead atoms. The Balaban J connectivity index is 2.39. The average Bonchev–Trinajstić information content (AvgIpc) is 2.60. The largest absolute Gasteiger partial charge is 0.481 e. The molecule has 1 heterocycles. The van der Waals surface area contributed by atoms with E-state index in [4.69, 9.17) is 16.1 Å². The predicted octanol–water partition coefficient (Wildman–Crippen LogP) is 1.00. The second-order valence-electron chi connectivity index (χ2n) is 3.30. The third kappa shape index (κ3) is 1.16. The predicted molar refractivity (Wildman–Crippen MR) is 52.0 cm³/mol. The van der Waals surface area contributed by atoms with Gasteiger partial charge in [0.05, 0.1) is 11.5 Å². The number of nitrogens with zero attached hydrogens (tertiary/aromatic N) is 1. The van der Waals surface area contributed by atoms with Crippen LogP contribution >= 0.6 is 11.3 Å². The highest BCUT2D eigenvalue weighted by Crippen LogP contribution is 2.39. The average molecular weight is 208 g/mol. The summed E-state index contributed by atoms with van der Waals surface area (Å²) in [6.07, 6.45) is 0.961. The van der Waals surface area contributed by atoms with E-state index in [0.717, 1.165) is 10.4 Å². The maximum atomic E-state index is 10.7. The number of carboxylic acid groups (broad SMARTS) is 1. The molecule has 0 aromatic carbocycles. The van der Waals surface area contributed by atoms with Crippen molar-refractivity contribution in [2.75, 3.05) is 5.73 Å². The van der Waals surface area contributed by atoms with Crippen LogP contribution in [0.1, 0.15) is 16.0 Å². The van der Waals surface area contributed by atoms with E-state index in [1.54, 1.807) is 0 Å². The Morgan fingerprint density at radius 3 is 2.93 bits per heavy atom. The van der Waals surface area contributed by atoms with Crippen LogP contribution in [0.4, 0.5) is 5.00 Å². The standard InChI is InChI=1S/C9H8N2O2S/c10-3-6-5-1-4(9(12)13)2-7(5)14-8(6)11/h4H,1-2,11H2,(H,12,13). The summed E-state index contributed by atoms with van der Waals surface area (Å²) in [6.45, 7) is 0. The van der Waals surface area contributed by atoms with Crippen molar-refractivity contribution in [1.29, 1.82) is 5.26 Å². The lowest BCUT2D eigenvalue weighted by Gasteiger charge is -2.00. The molecule has 0 radical (unpaired) electrons. The molecule has 3 N–H and O–H groups in total. The zero-order valence-electron chi connectivity index (χ0n) is 7.28. The summed E-state index contributed by atoms with van der Waals surface area (Å²) < 4.78 is 0. The van der Waals surface area contributed by atoms with Crippen molar-refractivity contribution in [2.24, 2.45) is 5.92 Å². The zero-order valence-corrected chi connectivity index (χ0v) is 8.10. The molecule has 1 aromatic rings. The molecule has 1 aliphatic rings. The third-order valence-electron chi connectivity index (χ3n) is 2.46. The van der Waals surface area contributed by atoms with Gasteiger partial charge in [0.1, 0.15) is 11.1 Å². The molecular weight excluding hydrogens is 200 g/mol. The first kappa shape index (κ1) is 9.03. The Kier molecular flexibility index (Phi) is 1.93. The van der Waals surface area contributed by atoms with Gasteiger partial charge in [-0.25, -0.2) is 0 Å². The molecule has 5 heteroatoms. The van der Waals surface area contributed by atoms with Crippen molar-refractivity contribution in [3.63, 3.8) is 0 Å². The summed E-state index contributed by atoms with van der Waals surface area (Å²) in [5, 5.41) is 18.2. The lowest BCUT2D eigenvalue weighted by molar-refractivity contribution is -0.141. The molecule has 0 fully saturated rings. The molecule has 0 amide bonds. The van der Waals surface area contributed by atoms with E-state index in [1.165, 1.54) is 11.3 Å². The normalized spacial score (nSPS) is 18.9. The molecule has 72 valence electrons. The first-order chi connectivity index (χ1) is 6.63. The van der Waals surface area contributed by atoms with Crippen LogP contribution in [0.25, 0.3) is 0 Å². The number of hydrogen-bond donors (Lipinski definition) is 2. The molecule has 1 unspecified atom stereocenters. The third-order valence-corrected chi connectivity index (χ3v) is 3.54. The fourth-order valence-corrected chi connectivity index (χ4v) is 2.88. The van der Waals surface area contributed by atoms with Gasteiger partial charge in [0, 0.05) is 4.88 Å². The topological polar surface area (TPSA) is 87.1 Å². The van der Waals surface area contributed by atoms with Crippen LogP contribution < -0.4 is 5.73 Å². The maximum absolute atomic E-state index is 10.7. The van der Waals surface area contributed by atoms with Crippen molar-refractivity contribution in [3.8, 4) is 6.07 Å². The molecule has 4 nitrogen and oxygen atoms in total. The van der Waals surface area contributed by atoms with Crippen molar-refractivity contribution in [1.82, 2.24) is 0 Å². The van der Waals surface area contributed by atoms with E-state index in [0.29, 0.717) is 23.4 Å². The lowest BCUT2D eigenvalue weighted by Crippen LogP contribution is -2.13. The van der Waals surface area contributed by atoms with E-state index >= 15 is 0 Å². The minimum absolute atomic E-state index is 0.371. The SMILES string of the molecule is N#Cc1c(N)sc2c1CC(C(=O)O)C2. The summed E-state index contributed by atoms with van der Waals surface area (Å²) in [4.78, 5) is 11.7. The van der Waals surface area contributed by atoms with Gasteiger partial charge in [0.15, 0.2) is 0 Å². The van der Waals surface area contributed by atoms with Gasteiger partial charge in [-0.15, -0.1) is 11.3 Å². The Labute approximate surface area is 84.6 Å². The molecule has 0 saturated carbocycles. The van der Waals surface area contributed by atoms with Crippen LogP contribution in [0, 0.1) is 17.2 Å². The number of nitrogens with two attached hydrogens (primary N) is 1. The quantitative estimate of drug-likeness (QED) is 0.720. The molecule has 1 atom stereocenters. The van der Waals surface area contributed by atoms with Crippen LogP contribution in [0.15, 0.2) is 0 Å². The van der Waals surface area contributed by atoms with E-state index in [9.17, 15) is 4.79 Å². The van der Waals surface area contributed by atoms with Crippen molar-refractivity contribution < 1.29 is 9.90 Å². The number of rotatable bonds is 1. The highest BCUT2D eigenvalue weighted by atomic mass is 32.1. The Morgan fingerprint density at radius 1 is 1.64 bits per heavy atom. The molecular formula is C9H8N2O2S. The van der Waals surface area contributed by atoms with Gasteiger partial charge in [-0.05, 0) is 18.4 Å². The number of thiophene rings is 1. The van der Waals surface area contributed by atoms with Crippen LogP contribution in [0.2, 0.25) is 0 Å². The number of fused-ring (bicyclic) bond motifs is 1. The summed E-state index contributed by atoms with van der Waals surface area (Å²) >= 11 is 1.34. The van der Waals surface area contributed by atoms with Gasteiger partial charge in [-0.3, -0.25) is 4.79 Å². The van der Waals surface area contributed by atoms with E-state index < -0.39 is 5.97 Å². The molecule has 0 saturated heterocycles. The second kappa shape index (κ2) is 3.00. The molecule has 0 aliphatic heterocycles. The molecule has 1 aliphatic carbocycles. The summed E-state index contributed by atoms with van der Waals surface area (Å²) in [5.74, 6) is -1.17. The van der Waals surface area contributed by atoms with E-state index in [2.05, 4.69) is 0 Å². The highest BCUT2D eigenvalue weighted by Gasteiger charge is 2.31. The summed E-state index contributed by atoms with van der Waals surface area (Å²) in [6, 6.07) is 2.03. The molecule has 14 heavy (non-hydrogen) atoms. The molecule has 0 spiro atoms. The number of nitrogen functional groups attached to an aromatic ring is 1. The summed E-state index contributed by atoms with van der Waals surface area (Å²) in [5.41, 5.74) is 6.96. The van der Waals surface area contributed by atoms with Crippen LogP contribution in [-0.4, -0.2) is 11.1 Å². The number of carbonyl (C=O) groups is 1. The second-order valence-corrected chi connectivity index (χ2v) is 4.44. The van der Waals surface area contributed by atoms with E-state index in [1.807, 2.05) is 6.07 Å². The van der Waals surface area contributed by atoms with Gasteiger partial charge < -0.3 is 10.8 Å². The number of anilines is 1. The van der Waals surface area contributed by atoms with Gasteiger partial charge in [0.2, 0.25) is 0 Å². The molecule has 1 aromatic heterocycles. The van der Waals surface area contributed by atoms with Crippen molar-refractivity contribution >= 4 is 22.3 Å². The number of nitriles is 1. The minimum Gasteiger partial charge on any atom is -0.481 e. The first-order valence-corrected chi connectivity index (χ1v) is 4.98. The number of hydrogen-bond acceptors (Lipinski definition) is 4. The van der Waals surface area contributed by atoms with Crippen LogP contribution in [0.5, 0.6) is 0 Å². The van der Waals surface area contributed by atoms with Crippen LogP contribution in [-0.2, 0) is 17.6 Å². The fraction of sp³-hybridized carbons (Fsp3) is 0.333. The van der Waals surface area contributed by atoms with Gasteiger partial charge in [0.25, 0.3) is 0 Å². The first-order valence-electron chi connectivity index (χ1n) is 4.16. The lowest BCUT2D eigenvalue weighted by atomic mass is 10.1. The van der Waals surface area contributed by atoms with Crippen molar-refractivity contribution in [3.05, 3.63) is 16.0 Å². The number of aliphatic carboxylic acids is 1. The maximum Gasteiger partial charge on any atom is 0.307 e. The zero-order chi connectivity index (χ0) is 10.3. The summed E-state index contributed by atoms with van der Waals surface area (Å²) in [7, 11) is 0. The van der Waals surface area contributed by atoms with Crippen LogP contribution in [0.3, 0.4) is 0 Å².